The van der Waals surface area contributed by atoms with E-state index in [1.165, 1.54) is 18.2 Å². The maximum absolute atomic E-state index is 12.8. The van der Waals surface area contributed by atoms with Gasteiger partial charge in [0.1, 0.15) is 0 Å². The van der Waals surface area contributed by atoms with Crippen molar-refractivity contribution in [2.24, 2.45) is 0 Å². The summed E-state index contributed by atoms with van der Waals surface area (Å²) in [5, 5.41) is 8.95. The first kappa shape index (κ1) is 16.5. The lowest BCUT2D eigenvalue weighted by molar-refractivity contribution is 0.0696. The molecule has 0 radical (unpaired) electrons. The Hall–Kier alpha value is -0.920. The minimum atomic E-state index is -3.60. The quantitative estimate of drug-likeness (QED) is 0.876. The summed E-state index contributed by atoms with van der Waals surface area (Å²) >= 11 is 3.19. The first-order valence-corrected chi connectivity index (χ1v) is 9.16. The van der Waals surface area contributed by atoms with Crippen LogP contribution in [0.2, 0.25) is 0 Å². The topological polar surface area (TPSA) is 74.7 Å². The fraction of sp³-hybridized carbons (Fsp3) is 0.500. The average Bonchev–Trinajstić information content (AvgIpc) is 2.46. The van der Waals surface area contributed by atoms with E-state index in [2.05, 4.69) is 15.9 Å². The van der Waals surface area contributed by atoms with Crippen molar-refractivity contribution in [3.8, 4) is 0 Å². The molecular formula is C14H18BrNO4S. The summed E-state index contributed by atoms with van der Waals surface area (Å²) in [4.78, 5) is 11.1. The first-order chi connectivity index (χ1) is 9.87. The third-order valence-corrected chi connectivity index (χ3v) is 6.74. The number of halogens is 1. The van der Waals surface area contributed by atoms with E-state index in [4.69, 9.17) is 5.11 Å². The molecule has 21 heavy (non-hydrogen) atoms. The third kappa shape index (κ3) is 3.30. The van der Waals surface area contributed by atoms with Gasteiger partial charge in [-0.15, -0.1) is 0 Å². The normalized spacial score (nSPS) is 20.4. The van der Waals surface area contributed by atoms with Gasteiger partial charge in [-0.25, -0.2) is 13.2 Å². The van der Waals surface area contributed by atoms with Gasteiger partial charge in [0.2, 0.25) is 10.0 Å². The van der Waals surface area contributed by atoms with Crippen LogP contribution in [0.4, 0.5) is 0 Å². The maximum atomic E-state index is 12.8. The van der Waals surface area contributed by atoms with Crippen molar-refractivity contribution in [1.82, 2.24) is 4.31 Å². The third-order valence-electron chi connectivity index (χ3n) is 3.81. The second-order valence-electron chi connectivity index (χ2n) is 5.12. The number of carboxylic acids is 1. The van der Waals surface area contributed by atoms with Crippen LogP contribution in [0.25, 0.3) is 0 Å². The molecular weight excluding hydrogens is 358 g/mol. The summed E-state index contributed by atoms with van der Waals surface area (Å²) in [5.41, 5.74) is 0.0616. The molecule has 1 unspecified atom stereocenters. The number of carboxylic acid groups (broad SMARTS) is 1. The molecule has 1 heterocycles. The average molecular weight is 376 g/mol. The van der Waals surface area contributed by atoms with Crippen molar-refractivity contribution in [3.05, 3.63) is 28.2 Å². The van der Waals surface area contributed by atoms with E-state index in [0.717, 1.165) is 25.7 Å². The molecule has 1 aliphatic rings. The second-order valence-corrected chi connectivity index (χ2v) is 7.84. The monoisotopic (exact) mass is 375 g/mol. The maximum Gasteiger partial charge on any atom is 0.335 e. The SMILES string of the molecule is CCC1CCCCN1S(=O)(=O)c1ccc(C(=O)O)cc1Br. The van der Waals surface area contributed by atoms with Crippen molar-refractivity contribution in [1.29, 1.82) is 0 Å². The predicted molar refractivity (Wildman–Crippen MR) is 82.9 cm³/mol. The van der Waals surface area contributed by atoms with E-state index in [0.29, 0.717) is 11.0 Å². The van der Waals surface area contributed by atoms with Crippen molar-refractivity contribution in [3.63, 3.8) is 0 Å². The Kier molecular flexibility index (Phi) is 5.06. The Morgan fingerprint density at radius 1 is 1.43 bits per heavy atom. The van der Waals surface area contributed by atoms with Crippen molar-refractivity contribution >= 4 is 31.9 Å². The highest BCUT2D eigenvalue weighted by molar-refractivity contribution is 9.10. The molecule has 1 saturated heterocycles. The lowest BCUT2D eigenvalue weighted by Crippen LogP contribution is -2.43. The summed E-state index contributed by atoms with van der Waals surface area (Å²) in [6, 6.07) is 4.05. The van der Waals surface area contributed by atoms with E-state index in [9.17, 15) is 13.2 Å². The summed E-state index contributed by atoms with van der Waals surface area (Å²) in [6.45, 7) is 2.51. The predicted octanol–water partition coefficient (Wildman–Crippen LogP) is 3.10. The second kappa shape index (κ2) is 6.46. The van der Waals surface area contributed by atoms with E-state index in [1.54, 1.807) is 4.31 Å². The number of aromatic carboxylic acids is 1. The van der Waals surface area contributed by atoms with E-state index < -0.39 is 16.0 Å². The number of sulfonamides is 1. The molecule has 1 aliphatic heterocycles. The fourth-order valence-corrected chi connectivity index (χ4v) is 5.47. The van der Waals surface area contributed by atoms with Gasteiger partial charge >= 0.3 is 5.97 Å². The van der Waals surface area contributed by atoms with E-state index in [1.807, 2.05) is 6.92 Å². The molecule has 1 aromatic carbocycles. The Morgan fingerprint density at radius 2 is 2.14 bits per heavy atom. The minimum absolute atomic E-state index is 0.0230. The lowest BCUT2D eigenvalue weighted by Gasteiger charge is -2.34. The van der Waals surface area contributed by atoms with Gasteiger partial charge in [-0.1, -0.05) is 13.3 Å². The molecule has 1 aromatic rings. The number of hydrogen-bond donors (Lipinski definition) is 1. The summed E-state index contributed by atoms with van der Waals surface area (Å²) in [6.07, 6.45) is 3.56. The van der Waals surface area contributed by atoms with Crippen LogP contribution in [0, 0.1) is 0 Å². The Morgan fingerprint density at radius 3 is 2.71 bits per heavy atom. The highest BCUT2D eigenvalue weighted by atomic mass is 79.9. The molecule has 5 nitrogen and oxygen atoms in total. The van der Waals surface area contributed by atoms with Gasteiger partial charge in [0.25, 0.3) is 0 Å². The van der Waals surface area contributed by atoms with Crippen LogP contribution in [-0.4, -0.2) is 36.4 Å². The lowest BCUT2D eigenvalue weighted by atomic mass is 10.0. The molecule has 7 heteroatoms. The van der Waals surface area contributed by atoms with Gasteiger partial charge in [-0.3, -0.25) is 0 Å². The number of nitrogens with zero attached hydrogens (tertiary/aromatic N) is 1. The van der Waals surface area contributed by atoms with Crippen LogP contribution in [0.5, 0.6) is 0 Å². The van der Waals surface area contributed by atoms with Crippen LogP contribution >= 0.6 is 15.9 Å². The van der Waals surface area contributed by atoms with Gasteiger partial charge in [-0.05, 0) is 53.4 Å². The number of benzene rings is 1. The smallest absolute Gasteiger partial charge is 0.335 e. The largest absolute Gasteiger partial charge is 0.478 e. The number of rotatable bonds is 4. The zero-order valence-corrected chi connectivity index (χ0v) is 14.2. The van der Waals surface area contributed by atoms with Crippen LogP contribution in [0.15, 0.2) is 27.6 Å². The molecule has 0 amide bonds. The number of hydrogen-bond acceptors (Lipinski definition) is 3. The van der Waals surface area contributed by atoms with Gasteiger partial charge in [0, 0.05) is 17.1 Å². The summed E-state index contributed by atoms with van der Waals surface area (Å²) < 4.78 is 27.5. The number of carbonyl (C=O) groups is 1. The Labute approximate surface area is 133 Å². The van der Waals surface area contributed by atoms with Gasteiger partial charge in [0.05, 0.1) is 10.5 Å². The molecule has 1 atom stereocenters. The van der Waals surface area contributed by atoms with Crippen molar-refractivity contribution in [2.75, 3.05) is 6.54 Å². The highest BCUT2D eigenvalue weighted by Gasteiger charge is 2.33. The van der Waals surface area contributed by atoms with Gasteiger partial charge in [-0.2, -0.15) is 4.31 Å². The van der Waals surface area contributed by atoms with E-state index >= 15 is 0 Å². The van der Waals surface area contributed by atoms with Gasteiger partial charge in [0.15, 0.2) is 0 Å². The first-order valence-electron chi connectivity index (χ1n) is 6.92. The van der Waals surface area contributed by atoms with Crippen LogP contribution in [0.1, 0.15) is 43.0 Å². The standard InChI is InChI=1S/C14H18BrNO4S/c1-2-11-5-3-4-8-16(11)21(19,20)13-7-6-10(14(17)18)9-12(13)15/h6-7,9,11H,2-5,8H2,1H3,(H,17,18). The zero-order chi connectivity index (χ0) is 15.6. The molecule has 2 rings (SSSR count). The van der Waals surface area contributed by atoms with Gasteiger partial charge < -0.3 is 5.11 Å². The van der Waals surface area contributed by atoms with Crippen LogP contribution in [-0.2, 0) is 10.0 Å². The number of piperidine rings is 1. The zero-order valence-electron chi connectivity index (χ0n) is 11.8. The Bertz CT molecular complexity index is 644. The molecule has 116 valence electrons. The molecule has 0 saturated carbocycles. The molecule has 0 aromatic heterocycles. The fourth-order valence-electron chi connectivity index (χ4n) is 2.67. The van der Waals surface area contributed by atoms with Crippen molar-refractivity contribution < 1.29 is 18.3 Å². The summed E-state index contributed by atoms with van der Waals surface area (Å²) in [7, 11) is -3.60. The van der Waals surface area contributed by atoms with E-state index in [-0.39, 0.29) is 16.5 Å². The molecule has 1 fully saturated rings. The Balaban J connectivity index is 2.41. The molecule has 0 spiro atoms. The summed E-state index contributed by atoms with van der Waals surface area (Å²) in [5.74, 6) is -1.08. The molecule has 0 bridgehead atoms. The molecule has 0 aliphatic carbocycles. The van der Waals surface area contributed by atoms with Crippen LogP contribution < -0.4 is 0 Å². The van der Waals surface area contributed by atoms with Crippen molar-refractivity contribution in [2.45, 2.75) is 43.5 Å². The molecule has 1 N–H and O–H groups in total. The highest BCUT2D eigenvalue weighted by Crippen LogP contribution is 2.31. The minimum Gasteiger partial charge on any atom is -0.478 e. The van der Waals surface area contributed by atoms with Crippen LogP contribution in [0.3, 0.4) is 0 Å².